The Hall–Kier alpha value is -2.27. The van der Waals surface area contributed by atoms with E-state index in [1.807, 2.05) is 62.4 Å². The van der Waals surface area contributed by atoms with Gasteiger partial charge in [-0.2, -0.15) is 0 Å². The van der Waals surface area contributed by atoms with E-state index >= 15 is 0 Å². The fourth-order valence-corrected chi connectivity index (χ4v) is 2.14. The second kappa shape index (κ2) is 9.00. The summed E-state index contributed by atoms with van der Waals surface area (Å²) in [6.45, 7) is 5.60. The first kappa shape index (κ1) is 17.1. The first-order valence-corrected chi connectivity index (χ1v) is 7.96. The third-order valence-electron chi connectivity index (χ3n) is 2.96. The lowest BCUT2D eigenvalue weighted by Gasteiger charge is -2.10. The van der Waals surface area contributed by atoms with Gasteiger partial charge in [0, 0.05) is 6.54 Å². The highest BCUT2D eigenvalue weighted by molar-refractivity contribution is 7.80. The average Bonchev–Trinajstić information content (AvgIpc) is 2.53. The summed E-state index contributed by atoms with van der Waals surface area (Å²) in [5.74, 6) is 2.36. The van der Waals surface area contributed by atoms with Crippen LogP contribution in [0.15, 0.2) is 48.5 Å². The molecule has 0 fully saturated rings. The molecule has 0 saturated heterocycles. The van der Waals surface area contributed by atoms with Crippen molar-refractivity contribution in [1.29, 1.82) is 0 Å². The topological polar surface area (TPSA) is 39.7 Å². The maximum absolute atomic E-state index is 5.79. The summed E-state index contributed by atoms with van der Waals surface area (Å²) < 4.78 is 16.7. The number of benzene rings is 2. The van der Waals surface area contributed by atoms with Gasteiger partial charge in [-0.05, 0) is 68.0 Å². The highest BCUT2D eigenvalue weighted by Crippen LogP contribution is 2.24. The third-order valence-corrected chi connectivity index (χ3v) is 3.22. The van der Waals surface area contributed by atoms with Crippen LogP contribution in [-0.2, 0) is 4.74 Å². The number of thiocarbonyl (C=S) groups is 1. The molecule has 0 bridgehead atoms. The minimum atomic E-state index is 0.401. The molecule has 2 rings (SSSR count). The Morgan fingerprint density at radius 2 is 1.74 bits per heavy atom. The largest absolute Gasteiger partial charge is 0.490 e. The molecule has 0 saturated carbocycles. The van der Waals surface area contributed by atoms with Crippen LogP contribution in [0.5, 0.6) is 17.2 Å². The van der Waals surface area contributed by atoms with Crippen molar-refractivity contribution in [3.8, 4) is 17.2 Å². The molecule has 122 valence electrons. The van der Waals surface area contributed by atoms with Gasteiger partial charge in [-0.1, -0.05) is 12.1 Å². The smallest absolute Gasteiger partial charge is 0.256 e. The standard InChI is InChI=1S/C18H21NO3S/c1-3-19-18(23)21-12-11-20-15-7-9-16(10-8-15)22-17-6-4-5-14(2)13-17/h4-10,13H,3,11-12H2,1-2H3,(H,19,23). The zero-order valence-electron chi connectivity index (χ0n) is 13.4. The molecule has 0 spiro atoms. The number of rotatable bonds is 7. The van der Waals surface area contributed by atoms with E-state index in [-0.39, 0.29) is 0 Å². The van der Waals surface area contributed by atoms with Gasteiger partial charge < -0.3 is 19.5 Å². The monoisotopic (exact) mass is 331 g/mol. The minimum absolute atomic E-state index is 0.401. The quantitative estimate of drug-likeness (QED) is 0.611. The van der Waals surface area contributed by atoms with Gasteiger partial charge in [-0.3, -0.25) is 0 Å². The number of hydrogen-bond donors (Lipinski definition) is 1. The van der Waals surface area contributed by atoms with Gasteiger partial charge in [0.2, 0.25) is 0 Å². The lowest BCUT2D eigenvalue weighted by Crippen LogP contribution is -2.25. The summed E-state index contributed by atoms with van der Waals surface area (Å²) in [7, 11) is 0. The Bertz CT molecular complexity index is 628. The summed E-state index contributed by atoms with van der Waals surface area (Å²) in [6.07, 6.45) is 0. The Kier molecular flexibility index (Phi) is 6.69. The zero-order valence-corrected chi connectivity index (χ0v) is 14.2. The minimum Gasteiger partial charge on any atom is -0.490 e. The first-order valence-electron chi connectivity index (χ1n) is 7.55. The lowest BCUT2D eigenvalue weighted by atomic mass is 10.2. The van der Waals surface area contributed by atoms with Crippen LogP contribution in [0.25, 0.3) is 0 Å². The van der Waals surface area contributed by atoms with E-state index in [9.17, 15) is 0 Å². The number of nitrogens with one attached hydrogen (secondary N) is 1. The molecular formula is C18H21NO3S. The maximum atomic E-state index is 5.79. The van der Waals surface area contributed by atoms with E-state index in [1.165, 1.54) is 0 Å². The summed E-state index contributed by atoms with van der Waals surface area (Å²) in [4.78, 5) is 0. The second-order valence-corrected chi connectivity index (χ2v) is 5.28. The predicted octanol–water partition coefficient (Wildman–Crippen LogP) is 4.08. The Labute approximate surface area is 142 Å². The van der Waals surface area contributed by atoms with Crippen molar-refractivity contribution in [1.82, 2.24) is 5.32 Å². The van der Waals surface area contributed by atoms with Crippen LogP contribution in [-0.4, -0.2) is 24.9 Å². The highest BCUT2D eigenvalue weighted by atomic mass is 32.1. The third kappa shape index (κ3) is 6.16. The maximum Gasteiger partial charge on any atom is 0.256 e. The fraction of sp³-hybridized carbons (Fsp3) is 0.278. The van der Waals surface area contributed by atoms with E-state index in [1.54, 1.807) is 0 Å². The van der Waals surface area contributed by atoms with E-state index < -0.39 is 0 Å². The van der Waals surface area contributed by atoms with Crippen LogP contribution in [0.1, 0.15) is 12.5 Å². The van der Waals surface area contributed by atoms with E-state index in [4.69, 9.17) is 26.4 Å². The molecule has 0 heterocycles. The number of hydrogen-bond acceptors (Lipinski definition) is 4. The lowest BCUT2D eigenvalue weighted by molar-refractivity contribution is 0.207. The van der Waals surface area contributed by atoms with Gasteiger partial charge in [0.05, 0.1) is 0 Å². The van der Waals surface area contributed by atoms with Gasteiger partial charge in [0.15, 0.2) is 0 Å². The molecule has 0 amide bonds. The van der Waals surface area contributed by atoms with Gasteiger partial charge in [-0.25, -0.2) is 0 Å². The molecule has 23 heavy (non-hydrogen) atoms. The van der Waals surface area contributed by atoms with Gasteiger partial charge in [0.25, 0.3) is 5.17 Å². The molecule has 0 aliphatic carbocycles. The first-order chi connectivity index (χ1) is 11.2. The van der Waals surface area contributed by atoms with Crippen LogP contribution < -0.4 is 14.8 Å². The van der Waals surface area contributed by atoms with Crippen LogP contribution in [0.3, 0.4) is 0 Å². The predicted molar refractivity (Wildman–Crippen MR) is 95.4 cm³/mol. The van der Waals surface area contributed by atoms with Crippen LogP contribution in [0.2, 0.25) is 0 Å². The van der Waals surface area contributed by atoms with Crippen molar-refractivity contribution >= 4 is 17.4 Å². The van der Waals surface area contributed by atoms with Crippen molar-refractivity contribution in [2.75, 3.05) is 19.8 Å². The molecular weight excluding hydrogens is 310 g/mol. The fourth-order valence-electron chi connectivity index (χ4n) is 1.91. The van der Waals surface area contributed by atoms with E-state index in [0.717, 1.165) is 29.4 Å². The molecule has 0 aromatic heterocycles. The second-order valence-electron chi connectivity index (χ2n) is 4.90. The summed E-state index contributed by atoms with van der Waals surface area (Å²) in [5, 5.41) is 3.32. The van der Waals surface area contributed by atoms with Crippen molar-refractivity contribution < 1.29 is 14.2 Å². The van der Waals surface area contributed by atoms with Crippen molar-refractivity contribution in [3.05, 3.63) is 54.1 Å². The summed E-state index contributed by atoms with van der Waals surface area (Å²) in [5.41, 5.74) is 1.16. The molecule has 0 unspecified atom stereocenters. The van der Waals surface area contributed by atoms with E-state index in [0.29, 0.717) is 18.4 Å². The zero-order chi connectivity index (χ0) is 16.5. The van der Waals surface area contributed by atoms with Crippen LogP contribution in [0, 0.1) is 6.92 Å². The Morgan fingerprint density at radius 3 is 2.43 bits per heavy atom. The summed E-state index contributed by atoms with van der Waals surface area (Å²) in [6, 6.07) is 15.4. The molecule has 2 aromatic rings. The normalized spacial score (nSPS) is 10.0. The van der Waals surface area contributed by atoms with Crippen LogP contribution in [0.4, 0.5) is 0 Å². The molecule has 2 aromatic carbocycles. The van der Waals surface area contributed by atoms with Crippen LogP contribution >= 0.6 is 12.2 Å². The SMILES string of the molecule is CCNC(=S)OCCOc1ccc(Oc2cccc(C)c2)cc1. The Morgan fingerprint density at radius 1 is 1.00 bits per heavy atom. The molecule has 0 aliphatic heterocycles. The van der Waals surface area contributed by atoms with Crippen molar-refractivity contribution in [2.45, 2.75) is 13.8 Å². The number of ether oxygens (including phenoxy) is 3. The average molecular weight is 331 g/mol. The molecule has 0 aliphatic rings. The molecule has 1 N–H and O–H groups in total. The molecule has 0 atom stereocenters. The molecule has 4 nitrogen and oxygen atoms in total. The highest BCUT2D eigenvalue weighted by Gasteiger charge is 2.00. The summed E-state index contributed by atoms with van der Waals surface area (Å²) >= 11 is 4.97. The van der Waals surface area contributed by atoms with Gasteiger partial charge in [-0.15, -0.1) is 0 Å². The van der Waals surface area contributed by atoms with Gasteiger partial charge >= 0.3 is 0 Å². The molecule has 0 radical (unpaired) electrons. The van der Waals surface area contributed by atoms with Crippen molar-refractivity contribution in [2.24, 2.45) is 0 Å². The Balaban J connectivity index is 1.77. The number of aryl methyl sites for hydroxylation is 1. The van der Waals surface area contributed by atoms with Gasteiger partial charge in [0.1, 0.15) is 30.5 Å². The van der Waals surface area contributed by atoms with E-state index in [2.05, 4.69) is 5.32 Å². The molecule has 5 heteroatoms. The van der Waals surface area contributed by atoms with Crippen molar-refractivity contribution in [3.63, 3.8) is 0 Å².